The average molecular weight is 393 g/mol. The number of anilines is 1. The zero-order valence-electron chi connectivity index (χ0n) is 15.2. The summed E-state index contributed by atoms with van der Waals surface area (Å²) in [5.74, 6) is -1.50. The van der Waals surface area contributed by atoms with Gasteiger partial charge in [-0.05, 0) is 63.1 Å². The van der Waals surface area contributed by atoms with E-state index in [2.05, 4.69) is 5.32 Å². The number of carboxylic acid groups (broad SMARTS) is 1. The fourth-order valence-corrected chi connectivity index (χ4v) is 4.14. The first kappa shape index (κ1) is 19.7. The van der Waals surface area contributed by atoms with Crippen molar-refractivity contribution in [1.82, 2.24) is 4.90 Å². The molecule has 7 heteroatoms. The number of rotatable bonds is 4. The number of carboxylic acids is 1. The Bertz CT molecular complexity index is 723. The Morgan fingerprint density at radius 3 is 2.22 bits per heavy atom. The van der Waals surface area contributed by atoms with Crippen molar-refractivity contribution in [2.75, 3.05) is 18.4 Å². The number of benzene rings is 1. The second kappa shape index (κ2) is 8.74. The van der Waals surface area contributed by atoms with Crippen LogP contribution in [0.15, 0.2) is 18.2 Å². The van der Waals surface area contributed by atoms with E-state index in [0.717, 1.165) is 32.4 Å². The molecule has 3 rings (SSSR count). The first-order valence-electron chi connectivity index (χ1n) is 9.58. The van der Waals surface area contributed by atoms with E-state index in [-0.39, 0.29) is 23.7 Å². The van der Waals surface area contributed by atoms with Crippen molar-refractivity contribution in [3.05, 3.63) is 28.8 Å². The molecular formula is C20H25ClN2O4. The maximum absolute atomic E-state index is 12.6. The van der Waals surface area contributed by atoms with Crippen LogP contribution in [0.1, 0.15) is 55.3 Å². The molecule has 0 aromatic heterocycles. The van der Waals surface area contributed by atoms with E-state index < -0.39 is 5.97 Å². The minimum atomic E-state index is -0.783. The van der Waals surface area contributed by atoms with Crippen LogP contribution in [0.2, 0.25) is 5.02 Å². The number of carbonyl (C=O) groups is 3. The smallest absolute Gasteiger partial charge is 0.306 e. The summed E-state index contributed by atoms with van der Waals surface area (Å²) >= 11 is 6.30. The van der Waals surface area contributed by atoms with Gasteiger partial charge in [0.05, 0.1) is 16.5 Å². The SMILES string of the molecule is O=C(O)C1CCC(C(=O)Nc2ccc(C(=O)N3CCCCC3)c(Cl)c2)CC1. The van der Waals surface area contributed by atoms with Crippen molar-refractivity contribution in [2.45, 2.75) is 44.9 Å². The van der Waals surface area contributed by atoms with Crippen molar-refractivity contribution in [2.24, 2.45) is 11.8 Å². The summed E-state index contributed by atoms with van der Waals surface area (Å²) in [5.41, 5.74) is 1.01. The molecule has 146 valence electrons. The highest BCUT2D eigenvalue weighted by Crippen LogP contribution is 2.30. The predicted octanol–water partition coefficient (Wildman–Crippen LogP) is 3.80. The molecule has 2 N–H and O–H groups in total. The van der Waals surface area contributed by atoms with Gasteiger partial charge < -0.3 is 15.3 Å². The summed E-state index contributed by atoms with van der Waals surface area (Å²) in [4.78, 5) is 37.9. The Morgan fingerprint density at radius 1 is 1.00 bits per heavy atom. The van der Waals surface area contributed by atoms with E-state index in [1.807, 2.05) is 4.90 Å². The zero-order valence-corrected chi connectivity index (χ0v) is 16.0. The largest absolute Gasteiger partial charge is 0.481 e. The molecular weight excluding hydrogens is 368 g/mol. The average Bonchev–Trinajstić information content (AvgIpc) is 2.68. The van der Waals surface area contributed by atoms with Gasteiger partial charge in [-0.25, -0.2) is 0 Å². The topological polar surface area (TPSA) is 86.7 Å². The monoisotopic (exact) mass is 392 g/mol. The Labute approximate surface area is 163 Å². The number of aliphatic carboxylic acids is 1. The summed E-state index contributed by atoms with van der Waals surface area (Å²) in [6.45, 7) is 1.51. The summed E-state index contributed by atoms with van der Waals surface area (Å²) in [6.07, 6.45) is 5.37. The Balaban J connectivity index is 1.59. The van der Waals surface area contributed by atoms with Gasteiger partial charge in [-0.1, -0.05) is 11.6 Å². The van der Waals surface area contributed by atoms with E-state index in [9.17, 15) is 14.4 Å². The zero-order chi connectivity index (χ0) is 19.4. The number of carbonyl (C=O) groups excluding carboxylic acids is 2. The highest BCUT2D eigenvalue weighted by molar-refractivity contribution is 6.34. The fourth-order valence-electron chi connectivity index (χ4n) is 3.88. The first-order valence-corrected chi connectivity index (χ1v) is 9.96. The second-order valence-corrected chi connectivity index (χ2v) is 7.83. The quantitative estimate of drug-likeness (QED) is 0.815. The Morgan fingerprint density at radius 2 is 1.63 bits per heavy atom. The highest BCUT2D eigenvalue weighted by Gasteiger charge is 2.30. The van der Waals surface area contributed by atoms with Gasteiger partial charge in [-0.15, -0.1) is 0 Å². The minimum Gasteiger partial charge on any atom is -0.481 e. The number of piperidine rings is 1. The molecule has 2 amide bonds. The van der Waals surface area contributed by atoms with Gasteiger partial charge in [0, 0.05) is 24.7 Å². The lowest BCUT2D eigenvalue weighted by molar-refractivity contribution is -0.143. The van der Waals surface area contributed by atoms with Gasteiger partial charge in [-0.3, -0.25) is 14.4 Å². The van der Waals surface area contributed by atoms with Crippen LogP contribution in [-0.2, 0) is 9.59 Å². The van der Waals surface area contributed by atoms with Crippen LogP contribution in [0.5, 0.6) is 0 Å². The lowest BCUT2D eigenvalue weighted by Crippen LogP contribution is -2.35. The van der Waals surface area contributed by atoms with E-state index in [1.54, 1.807) is 18.2 Å². The molecule has 2 aliphatic rings. The van der Waals surface area contributed by atoms with Gasteiger partial charge in [0.1, 0.15) is 0 Å². The number of hydrogen-bond acceptors (Lipinski definition) is 3. The molecule has 1 heterocycles. The molecule has 0 atom stereocenters. The van der Waals surface area contributed by atoms with E-state index >= 15 is 0 Å². The van der Waals surface area contributed by atoms with Gasteiger partial charge in [0.15, 0.2) is 0 Å². The number of halogens is 1. The van der Waals surface area contributed by atoms with Crippen LogP contribution in [0.25, 0.3) is 0 Å². The van der Waals surface area contributed by atoms with E-state index in [0.29, 0.717) is 42.0 Å². The van der Waals surface area contributed by atoms with Crippen molar-refractivity contribution in [3.63, 3.8) is 0 Å². The highest BCUT2D eigenvalue weighted by atomic mass is 35.5. The van der Waals surface area contributed by atoms with Crippen molar-refractivity contribution >= 4 is 35.1 Å². The molecule has 27 heavy (non-hydrogen) atoms. The third kappa shape index (κ3) is 4.80. The molecule has 0 bridgehead atoms. The van der Waals surface area contributed by atoms with Crippen LogP contribution >= 0.6 is 11.6 Å². The lowest BCUT2D eigenvalue weighted by Gasteiger charge is -2.27. The van der Waals surface area contributed by atoms with Gasteiger partial charge >= 0.3 is 5.97 Å². The van der Waals surface area contributed by atoms with Crippen molar-refractivity contribution in [3.8, 4) is 0 Å². The molecule has 1 aromatic carbocycles. The molecule has 0 unspecified atom stereocenters. The van der Waals surface area contributed by atoms with Gasteiger partial charge in [0.2, 0.25) is 5.91 Å². The third-order valence-electron chi connectivity index (χ3n) is 5.56. The summed E-state index contributed by atoms with van der Waals surface area (Å²) in [6, 6.07) is 4.97. The van der Waals surface area contributed by atoms with Crippen molar-refractivity contribution in [1.29, 1.82) is 0 Å². The molecule has 1 aromatic rings. The molecule has 0 radical (unpaired) electrons. The van der Waals surface area contributed by atoms with Crippen LogP contribution in [-0.4, -0.2) is 40.9 Å². The normalized spacial score (nSPS) is 22.9. The van der Waals surface area contributed by atoms with Crippen LogP contribution in [0.4, 0.5) is 5.69 Å². The Kier molecular flexibility index (Phi) is 6.37. The number of likely N-dealkylation sites (tertiary alicyclic amines) is 1. The maximum Gasteiger partial charge on any atom is 0.306 e. The Hall–Kier alpha value is -2.08. The molecule has 2 fully saturated rings. The van der Waals surface area contributed by atoms with Crippen LogP contribution in [0.3, 0.4) is 0 Å². The number of amides is 2. The minimum absolute atomic E-state index is 0.0652. The number of nitrogens with one attached hydrogen (secondary N) is 1. The summed E-state index contributed by atoms with van der Waals surface area (Å²) < 4.78 is 0. The molecule has 0 spiro atoms. The summed E-state index contributed by atoms with van der Waals surface area (Å²) in [5, 5.41) is 12.2. The molecule has 1 aliphatic carbocycles. The third-order valence-corrected chi connectivity index (χ3v) is 5.87. The maximum atomic E-state index is 12.6. The lowest BCUT2D eigenvalue weighted by atomic mass is 9.81. The molecule has 1 saturated heterocycles. The fraction of sp³-hybridized carbons (Fsp3) is 0.550. The second-order valence-electron chi connectivity index (χ2n) is 7.42. The molecule has 1 aliphatic heterocycles. The number of nitrogens with zero attached hydrogens (tertiary/aromatic N) is 1. The molecule has 6 nitrogen and oxygen atoms in total. The first-order chi connectivity index (χ1) is 13.0. The van der Waals surface area contributed by atoms with Crippen LogP contribution < -0.4 is 5.32 Å². The van der Waals surface area contributed by atoms with Gasteiger partial charge in [-0.2, -0.15) is 0 Å². The molecule has 1 saturated carbocycles. The van der Waals surface area contributed by atoms with E-state index in [1.165, 1.54) is 0 Å². The standard InChI is InChI=1S/C20H25ClN2O4/c21-17-12-15(8-9-16(17)19(25)23-10-2-1-3-11-23)22-18(24)13-4-6-14(7-5-13)20(26)27/h8-9,12-14H,1-7,10-11H2,(H,22,24)(H,26,27). The summed E-state index contributed by atoms with van der Waals surface area (Å²) in [7, 11) is 0. The number of hydrogen-bond donors (Lipinski definition) is 2. The van der Waals surface area contributed by atoms with Crippen molar-refractivity contribution < 1.29 is 19.5 Å². The van der Waals surface area contributed by atoms with Gasteiger partial charge in [0.25, 0.3) is 5.91 Å². The van der Waals surface area contributed by atoms with E-state index in [4.69, 9.17) is 16.7 Å². The predicted molar refractivity (Wildman–Crippen MR) is 103 cm³/mol. The van der Waals surface area contributed by atoms with Crippen LogP contribution in [0, 0.1) is 11.8 Å².